The minimum absolute atomic E-state index is 0.0718. The van der Waals surface area contributed by atoms with Gasteiger partial charge in [-0.25, -0.2) is 36.5 Å². The van der Waals surface area contributed by atoms with Crippen molar-refractivity contribution in [3.63, 3.8) is 0 Å². The second-order valence-corrected chi connectivity index (χ2v) is 10.3. The first-order valence-electron chi connectivity index (χ1n) is 10.4. The molecule has 2 aromatic heterocycles. The average molecular weight is 481 g/mol. The Balaban J connectivity index is 1.72. The molecular weight excluding hydrogens is 457 g/mol. The van der Waals surface area contributed by atoms with Crippen LogP contribution in [0.4, 0.5) is 19.0 Å². The van der Waals surface area contributed by atoms with Gasteiger partial charge >= 0.3 is 0 Å². The number of fused-ring (bicyclic) bond motifs is 1. The lowest BCUT2D eigenvalue weighted by molar-refractivity contribution is 0.146. The number of halogens is 3. The molecule has 1 N–H and O–H groups in total. The lowest BCUT2D eigenvalue weighted by Crippen LogP contribution is -2.22. The molecule has 0 amide bonds. The van der Waals surface area contributed by atoms with Gasteiger partial charge in [0, 0.05) is 17.2 Å². The summed E-state index contributed by atoms with van der Waals surface area (Å²) in [4.78, 5) is 13.1. The number of alkyl halides is 2. The standard InChI is InChI=1S/C22H23F3N4O3S/c1-12(14-4-3-5-15(18(14)23)20(24)25)28-21-16-10-17(13-6-8-33(30,31)9-7-13)29-22(32-2)19(16)26-11-27-21/h3-5,10-13,20H,6-9H2,1-2H3,(H,26,27,28). The van der Waals surface area contributed by atoms with Gasteiger partial charge in [0.1, 0.15) is 33.3 Å². The Bertz CT molecular complexity index is 1270. The first-order chi connectivity index (χ1) is 15.7. The van der Waals surface area contributed by atoms with Gasteiger partial charge in [-0.1, -0.05) is 18.2 Å². The van der Waals surface area contributed by atoms with E-state index in [4.69, 9.17) is 4.74 Å². The Morgan fingerprint density at radius 1 is 1.15 bits per heavy atom. The molecule has 1 atom stereocenters. The fourth-order valence-corrected chi connectivity index (χ4v) is 5.55. The quantitative estimate of drug-likeness (QED) is 0.552. The maximum atomic E-state index is 14.6. The Labute approximate surface area is 189 Å². The number of aromatic nitrogens is 3. The maximum absolute atomic E-state index is 14.6. The van der Waals surface area contributed by atoms with Gasteiger partial charge in [-0.05, 0) is 25.8 Å². The molecule has 1 aromatic carbocycles. The number of sulfone groups is 1. The lowest BCUT2D eigenvalue weighted by Gasteiger charge is -2.23. The van der Waals surface area contributed by atoms with Gasteiger partial charge in [0.25, 0.3) is 6.43 Å². The van der Waals surface area contributed by atoms with Crippen LogP contribution in [0.25, 0.3) is 10.9 Å². The van der Waals surface area contributed by atoms with Crippen molar-refractivity contribution in [2.75, 3.05) is 23.9 Å². The van der Waals surface area contributed by atoms with E-state index >= 15 is 0 Å². The number of hydrogen-bond donors (Lipinski definition) is 1. The van der Waals surface area contributed by atoms with Gasteiger partial charge in [0.05, 0.1) is 35.6 Å². The molecule has 0 radical (unpaired) electrons. The van der Waals surface area contributed by atoms with E-state index in [2.05, 4.69) is 20.3 Å². The van der Waals surface area contributed by atoms with Crippen LogP contribution in [0.2, 0.25) is 0 Å². The van der Waals surface area contributed by atoms with Crippen molar-refractivity contribution in [2.24, 2.45) is 0 Å². The topological polar surface area (TPSA) is 94.1 Å². The van der Waals surface area contributed by atoms with Crippen LogP contribution in [0, 0.1) is 5.82 Å². The van der Waals surface area contributed by atoms with Crippen LogP contribution in [0.1, 0.15) is 55.0 Å². The third-order valence-electron chi connectivity index (χ3n) is 5.89. The van der Waals surface area contributed by atoms with E-state index in [0.717, 1.165) is 6.07 Å². The summed E-state index contributed by atoms with van der Waals surface area (Å²) in [6.45, 7) is 1.65. The molecule has 0 aliphatic carbocycles. The Morgan fingerprint density at radius 3 is 2.52 bits per heavy atom. The third kappa shape index (κ3) is 4.73. The highest BCUT2D eigenvalue weighted by Gasteiger charge is 2.27. The monoisotopic (exact) mass is 480 g/mol. The molecule has 1 saturated heterocycles. The van der Waals surface area contributed by atoms with E-state index in [9.17, 15) is 21.6 Å². The van der Waals surface area contributed by atoms with Crippen molar-refractivity contribution in [1.82, 2.24) is 15.0 Å². The van der Waals surface area contributed by atoms with Gasteiger partial charge in [-0.15, -0.1) is 0 Å². The van der Waals surface area contributed by atoms with Crippen molar-refractivity contribution in [3.8, 4) is 5.88 Å². The predicted octanol–water partition coefficient (Wildman–Crippen LogP) is 4.58. The Kier molecular flexibility index (Phi) is 6.42. The van der Waals surface area contributed by atoms with E-state index in [-0.39, 0.29) is 28.9 Å². The highest BCUT2D eigenvalue weighted by atomic mass is 32.2. The zero-order chi connectivity index (χ0) is 23.8. The van der Waals surface area contributed by atoms with Crippen LogP contribution in [-0.4, -0.2) is 42.0 Å². The molecule has 33 heavy (non-hydrogen) atoms. The number of nitrogens with one attached hydrogen (secondary N) is 1. The number of benzene rings is 1. The Morgan fingerprint density at radius 2 is 1.85 bits per heavy atom. The summed E-state index contributed by atoms with van der Waals surface area (Å²) in [5.41, 5.74) is 0.509. The number of nitrogens with zero attached hydrogens (tertiary/aromatic N) is 3. The van der Waals surface area contributed by atoms with Crippen LogP contribution >= 0.6 is 0 Å². The summed E-state index contributed by atoms with van der Waals surface area (Å²) < 4.78 is 69.9. The summed E-state index contributed by atoms with van der Waals surface area (Å²) in [5, 5.41) is 3.65. The van der Waals surface area contributed by atoms with Crippen LogP contribution in [0.15, 0.2) is 30.6 Å². The first kappa shape index (κ1) is 23.2. The molecule has 0 spiro atoms. The van der Waals surface area contributed by atoms with E-state index < -0.39 is 33.7 Å². The highest BCUT2D eigenvalue weighted by molar-refractivity contribution is 7.91. The SMILES string of the molecule is COc1nc(C2CCS(=O)(=O)CC2)cc2c(NC(C)c3cccc(C(F)F)c3F)ncnc12. The smallest absolute Gasteiger partial charge is 0.266 e. The molecule has 3 aromatic rings. The normalized spacial score (nSPS) is 17.3. The number of methoxy groups -OCH3 is 1. The summed E-state index contributed by atoms with van der Waals surface area (Å²) >= 11 is 0. The second-order valence-electron chi connectivity index (χ2n) is 8.02. The fraction of sp³-hybridized carbons (Fsp3) is 0.409. The molecule has 1 unspecified atom stereocenters. The zero-order valence-electron chi connectivity index (χ0n) is 18.1. The van der Waals surface area contributed by atoms with Crippen molar-refractivity contribution >= 4 is 26.6 Å². The van der Waals surface area contributed by atoms with Crippen molar-refractivity contribution in [2.45, 2.75) is 38.2 Å². The zero-order valence-corrected chi connectivity index (χ0v) is 18.9. The molecule has 7 nitrogen and oxygen atoms in total. The number of ether oxygens (including phenoxy) is 1. The average Bonchev–Trinajstić information content (AvgIpc) is 2.78. The minimum atomic E-state index is -3.04. The summed E-state index contributed by atoms with van der Waals surface area (Å²) in [6, 6.07) is 4.99. The molecule has 1 aliphatic rings. The Hall–Kier alpha value is -2.95. The molecule has 1 fully saturated rings. The summed E-state index contributed by atoms with van der Waals surface area (Å²) in [7, 11) is -1.58. The van der Waals surface area contributed by atoms with Gasteiger partial charge in [0.2, 0.25) is 5.88 Å². The van der Waals surface area contributed by atoms with Gasteiger partial charge < -0.3 is 10.1 Å². The van der Waals surface area contributed by atoms with Gasteiger partial charge in [-0.3, -0.25) is 0 Å². The molecule has 3 heterocycles. The molecular formula is C22H23F3N4O3S. The second kappa shape index (κ2) is 9.12. The molecule has 176 valence electrons. The van der Waals surface area contributed by atoms with Crippen LogP contribution in [0.3, 0.4) is 0 Å². The fourth-order valence-electron chi connectivity index (χ4n) is 4.06. The molecule has 1 aliphatic heterocycles. The van der Waals surface area contributed by atoms with E-state index in [0.29, 0.717) is 35.3 Å². The van der Waals surface area contributed by atoms with Crippen LogP contribution in [0.5, 0.6) is 5.88 Å². The van der Waals surface area contributed by atoms with Crippen LogP contribution in [-0.2, 0) is 9.84 Å². The number of pyridine rings is 1. The number of rotatable bonds is 6. The van der Waals surface area contributed by atoms with Crippen molar-refractivity contribution in [1.29, 1.82) is 0 Å². The van der Waals surface area contributed by atoms with Crippen molar-refractivity contribution in [3.05, 3.63) is 53.2 Å². The van der Waals surface area contributed by atoms with E-state index in [1.54, 1.807) is 13.0 Å². The molecule has 4 rings (SSSR count). The summed E-state index contributed by atoms with van der Waals surface area (Å²) in [6.07, 6.45) is -0.722. The van der Waals surface area contributed by atoms with E-state index in [1.807, 2.05) is 0 Å². The van der Waals surface area contributed by atoms with Crippen molar-refractivity contribution < 1.29 is 26.3 Å². The molecule has 11 heteroatoms. The number of anilines is 1. The first-order valence-corrected chi connectivity index (χ1v) is 12.3. The van der Waals surface area contributed by atoms with Gasteiger partial charge in [-0.2, -0.15) is 0 Å². The lowest BCUT2D eigenvalue weighted by atomic mass is 9.97. The third-order valence-corrected chi connectivity index (χ3v) is 7.60. The number of hydrogen-bond acceptors (Lipinski definition) is 7. The van der Waals surface area contributed by atoms with E-state index in [1.165, 1.54) is 25.6 Å². The van der Waals surface area contributed by atoms with Gasteiger partial charge in [0.15, 0.2) is 0 Å². The maximum Gasteiger partial charge on any atom is 0.266 e. The molecule has 0 saturated carbocycles. The van der Waals surface area contributed by atoms with Crippen LogP contribution < -0.4 is 10.1 Å². The predicted molar refractivity (Wildman–Crippen MR) is 118 cm³/mol. The minimum Gasteiger partial charge on any atom is -0.479 e. The largest absolute Gasteiger partial charge is 0.479 e. The highest BCUT2D eigenvalue weighted by Crippen LogP contribution is 2.35. The summed E-state index contributed by atoms with van der Waals surface area (Å²) in [5.74, 6) is -0.230. The molecule has 0 bridgehead atoms.